The molecule has 0 amide bonds. The molecule has 31 heavy (non-hydrogen) atoms. The number of aromatic nitrogens is 3. The highest BCUT2D eigenvalue weighted by Crippen LogP contribution is 2.64. The Labute approximate surface area is 191 Å². The number of nitrogens with two attached hydrogens (primary N) is 1. The first-order chi connectivity index (χ1) is 15.0. The lowest BCUT2D eigenvalue weighted by Crippen LogP contribution is -2.26. The van der Waals surface area contributed by atoms with Gasteiger partial charge in [0.05, 0.1) is 0 Å². The summed E-state index contributed by atoms with van der Waals surface area (Å²) in [6.07, 6.45) is 8.50. The minimum absolute atomic E-state index is 0.380. The Morgan fingerprint density at radius 2 is 1.90 bits per heavy atom. The molecule has 0 radical (unpaired) electrons. The number of likely N-dealkylation sites (tertiary alicyclic amines) is 1. The Bertz CT molecular complexity index is 886. The van der Waals surface area contributed by atoms with Gasteiger partial charge in [0, 0.05) is 31.3 Å². The Hall–Kier alpha value is -1.37. The second kappa shape index (κ2) is 8.87. The molecule has 1 saturated heterocycles. The van der Waals surface area contributed by atoms with Crippen LogP contribution in [0.4, 0.5) is 0 Å². The van der Waals surface area contributed by atoms with E-state index in [1.807, 2.05) is 11.8 Å². The van der Waals surface area contributed by atoms with Crippen molar-refractivity contribution in [2.24, 2.45) is 18.2 Å². The third kappa shape index (κ3) is 4.57. The van der Waals surface area contributed by atoms with E-state index in [0.29, 0.717) is 17.4 Å². The zero-order valence-electron chi connectivity index (χ0n) is 19.1. The molecule has 1 aromatic heterocycles. The Kier molecular flexibility index (Phi) is 6.15. The van der Waals surface area contributed by atoms with Gasteiger partial charge in [0.1, 0.15) is 5.82 Å². The third-order valence-corrected chi connectivity index (χ3v) is 9.10. The molecule has 5 nitrogen and oxygen atoms in total. The molecule has 3 aliphatic rings. The molecule has 6 heteroatoms. The van der Waals surface area contributed by atoms with Crippen molar-refractivity contribution in [2.45, 2.75) is 74.9 Å². The quantitative estimate of drug-likeness (QED) is 0.509. The van der Waals surface area contributed by atoms with E-state index in [1.54, 1.807) is 5.56 Å². The van der Waals surface area contributed by atoms with E-state index >= 15 is 0 Å². The van der Waals surface area contributed by atoms with Crippen molar-refractivity contribution < 1.29 is 0 Å². The highest BCUT2D eigenvalue weighted by Gasteiger charge is 2.57. The smallest absolute Gasteiger partial charge is 0.190 e. The predicted molar refractivity (Wildman–Crippen MR) is 128 cm³/mol. The second-order valence-electron chi connectivity index (χ2n) is 10.3. The highest BCUT2D eigenvalue weighted by atomic mass is 32.2. The first kappa shape index (κ1) is 21.5. The largest absolute Gasteiger partial charge is 0.328 e. The van der Waals surface area contributed by atoms with Gasteiger partial charge < -0.3 is 15.2 Å². The molecule has 2 aromatic rings. The van der Waals surface area contributed by atoms with Gasteiger partial charge in [-0.15, -0.1) is 10.2 Å². The average molecular weight is 440 g/mol. The van der Waals surface area contributed by atoms with Crippen LogP contribution in [0.15, 0.2) is 29.4 Å². The summed E-state index contributed by atoms with van der Waals surface area (Å²) in [6, 6.07) is 9.63. The lowest BCUT2D eigenvalue weighted by Gasteiger charge is -2.25. The standard InChI is InChI=1S/C25H37N5S/c1-18-4-6-19(7-5-18)22-16-25(22)12-14-30(17-25)13-3-15-31-24-28-27-23(29(24)2)20-8-10-21(26)11-9-20/h4-7,20-22H,3,8-17,26H2,1-2H3. The molecule has 2 N–H and O–H groups in total. The molecule has 0 bridgehead atoms. The van der Waals surface area contributed by atoms with Crippen molar-refractivity contribution in [2.75, 3.05) is 25.4 Å². The summed E-state index contributed by atoms with van der Waals surface area (Å²) in [5.41, 5.74) is 9.56. The fourth-order valence-electron chi connectivity index (χ4n) is 5.88. The number of thioether (sulfide) groups is 1. The van der Waals surface area contributed by atoms with Crippen molar-refractivity contribution in [3.05, 3.63) is 41.2 Å². The van der Waals surface area contributed by atoms with Crippen molar-refractivity contribution in [3.63, 3.8) is 0 Å². The zero-order chi connectivity index (χ0) is 21.4. The number of aryl methyl sites for hydroxylation is 1. The molecule has 2 unspecified atom stereocenters. The predicted octanol–water partition coefficient (Wildman–Crippen LogP) is 4.47. The SMILES string of the molecule is Cc1ccc(C2CC23CCN(CCCSc2nnc(C4CCC(N)CC4)n2C)C3)cc1. The van der Waals surface area contributed by atoms with Crippen LogP contribution in [0, 0.1) is 12.3 Å². The van der Waals surface area contributed by atoms with Gasteiger partial charge in [0.15, 0.2) is 5.16 Å². The fraction of sp³-hybridized carbons (Fsp3) is 0.680. The molecule has 3 fully saturated rings. The number of hydrogen-bond donors (Lipinski definition) is 1. The summed E-state index contributed by atoms with van der Waals surface area (Å²) in [5.74, 6) is 3.60. The van der Waals surface area contributed by atoms with Gasteiger partial charge in [-0.2, -0.15) is 0 Å². The number of hydrogen-bond acceptors (Lipinski definition) is 5. The molecule has 168 valence electrons. The van der Waals surface area contributed by atoms with Crippen molar-refractivity contribution in [1.29, 1.82) is 0 Å². The van der Waals surface area contributed by atoms with Gasteiger partial charge in [0.25, 0.3) is 0 Å². The molecule has 2 saturated carbocycles. The van der Waals surface area contributed by atoms with Gasteiger partial charge in [-0.1, -0.05) is 41.6 Å². The van der Waals surface area contributed by atoms with Gasteiger partial charge in [-0.25, -0.2) is 0 Å². The van der Waals surface area contributed by atoms with Crippen molar-refractivity contribution in [1.82, 2.24) is 19.7 Å². The Balaban J connectivity index is 1.06. The van der Waals surface area contributed by atoms with Crippen LogP contribution in [0.2, 0.25) is 0 Å². The van der Waals surface area contributed by atoms with Gasteiger partial charge >= 0.3 is 0 Å². The maximum absolute atomic E-state index is 6.06. The highest BCUT2D eigenvalue weighted by molar-refractivity contribution is 7.99. The molecule has 2 atom stereocenters. The summed E-state index contributed by atoms with van der Waals surface area (Å²) in [6.45, 7) is 5.94. The molecule has 2 aliphatic carbocycles. The number of nitrogens with zero attached hydrogens (tertiary/aromatic N) is 4. The van der Waals surface area contributed by atoms with E-state index in [1.165, 1.54) is 44.5 Å². The van der Waals surface area contributed by atoms with Crippen LogP contribution >= 0.6 is 11.8 Å². The summed E-state index contributed by atoms with van der Waals surface area (Å²) in [7, 11) is 2.13. The van der Waals surface area contributed by atoms with E-state index in [2.05, 4.69) is 57.9 Å². The second-order valence-corrected chi connectivity index (χ2v) is 11.3. The van der Waals surface area contributed by atoms with Gasteiger partial charge in [-0.05, 0) is 81.9 Å². The Morgan fingerprint density at radius 3 is 2.68 bits per heavy atom. The average Bonchev–Trinajstić information content (AvgIpc) is 3.11. The summed E-state index contributed by atoms with van der Waals surface area (Å²) in [4.78, 5) is 2.70. The number of benzene rings is 1. The van der Waals surface area contributed by atoms with Gasteiger partial charge in [-0.3, -0.25) is 0 Å². The lowest BCUT2D eigenvalue weighted by molar-refractivity contribution is 0.319. The molecule has 2 heterocycles. The van der Waals surface area contributed by atoms with Gasteiger partial charge in [0.2, 0.25) is 0 Å². The third-order valence-electron chi connectivity index (χ3n) is 7.99. The van der Waals surface area contributed by atoms with Crippen LogP contribution in [0.1, 0.15) is 73.7 Å². The number of rotatable bonds is 7. The normalized spacial score (nSPS) is 30.9. The first-order valence-corrected chi connectivity index (χ1v) is 13.1. The van der Waals surface area contributed by atoms with E-state index in [4.69, 9.17) is 5.73 Å². The molecular weight excluding hydrogens is 402 g/mol. The van der Waals surface area contributed by atoms with Crippen LogP contribution in [0.3, 0.4) is 0 Å². The lowest BCUT2D eigenvalue weighted by atomic mass is 9.86. The van der Waals surface area contributed by atoms with Crippen LogP contribution in [0.5, 0.6) is 0 Å². The minimum atomic E-state index is 0.380. The minimum Gasteiger partial charge on any atom is -0.328 e. The maximum atomic E-state index is 6.06. The molecule has 1 spiro atoms. The fourth-order valence-corrected chi connectivity index (χ4v) is 6.72. The van der Waals surface area contributed by atoms with Crippen LogP contribution in [-0.4, -0.2) is 51.1 Å². The van der Waals surface area contributed by atoms with E-state index in [0.717, 1.165) is 48.3 Å². The Morgan fingerprint density at radius 1 is 1.13 bits per heavy atom. The summed E-state index contributed by atoms with van der Waals surface area (Å²) < 4.78 is 2.23. The maximum Gasteiger partial charge on any atom is 0.190 e. The van der Waals surface area contributed by atoms with Crippen LogP contribution in [0.25, 0.3) is 0 Å². The van der Waals surface area contributed by atoms with E-state index < -0.39 is 0 Å². The molecular formula is C25H37N5S. The van der Waals surface area contributed by atoms with Crippen LogP contribution in [-0.2, 0) is 7.05 Å². The molecule has 1 aliphatic heterocycles. The summed E-state index contributed by atoms with van der Waals surface area (Å²) >= 11 is 1.87. The van der Waals surface area contributed by atoms with Crippen LogP contribution < -0.4 is 5.73 Å². The topological polar surface area (TPSA) is 60.0 Å². The molecule has 1 aromatic carbocycles. The van der Waals surface area contributed by atoms with E-state index in [9.17, 15) is 0 Å². The summed E-state index contributed by atoms with van der Waals surface area (Å²) in [5, 5.41) is 10.1. The first-order valence-electron chi connectivity index (χ1n) is 12.1. The molecule has 5 rings (SSSR count). The van der Waals surface area contributed by atoms with Crippen molar-refractivity contribution >= 4 is 11.8 Å². The van der Waals surface area contributed by atoms with Crippen molar-refractivity contribution in [3.8, 4) is 0 Å². The zero-order valence-corrected chi connectivity index (χ0v) is 19.9. The monoisotopic (exact) mass is 439 g/mol. The van der Waals surface area contributed by atoms with E-state index in [-0.39, 0.29) is 0 Å².